The Bertz CT molecular complexity index is 451. The lowest BCUT2D eigenvalue weighted by Crippen LogP contribution is -2.00. The number of benzene rings is 2. The number of rotatable bonds is 2. The highest BCUT2D eigenvalue weighted by Crippen LogP contribution is 2.23. The van der Waals surface area contributed by atoms with Crippen LogP contribution in [0.3, 0.4) is 0 Å². The molecule has 0 aliphatic carbocycles. The van der Waals surface area contributed by atoms with Gasteiger partial charge in [0.25, 0.3) is 0 Å². The number of hydrogen-bond donors (Lipinski definition) is 1. The first-order chi connectivity index (χ1) is 7.31. The summed E-state index contributed by atoms with van der Waals surface area (Å²) in [6.45, 7) is 0.294. The topological polar surface area (TPSA) is 26.0 Å². The molecule has 15 heavy (non-hydrogen) atoms. The highest BCUT2D eigenvalue weighted by atomic mass is 19.1. The molecule has 0 amide bonds. The lowest BCUT2D eigenvalue weighted by atomic mass is 10.00. The van der Waals surface area contributed by atoms with E-state index in [-0.39, 0.29) is 5.82 Å². The van der Waals surface area contributed by atoms with E-state index in [4.69, 9.17) is 5.73 Å². The van der Waals surface area contributed by atoms with Crippen molar-refractivity contribution in [2.75, 3.05) is 0 Å². The summed E-state index contributed by atoms with van der Waals surface area (Å²) in [6.07, 6.45) is 0. The summed E-state index contributed by atoms with van der Waals surface area (Å²) >= 11 is 0. The van der Waals surface area contributed by atoms with Gasteiger partial charge in [0.15, 0.2) is 0 Å². The fraction of sp³-hybridized carbons (Fsp3) is 0.0769. The van der Waals surface area contributed by atoms with E-state index in [1.807, 2.05) is 30.3 Å². The second-order valence-corrected chi connectivity index (χ2v) is 3.27. The molecule has 0 aliphatic rings. The van der Waals surface area contributed by atoms with Crippen molar-refractivity contribution in [1.29, 1.82) is 0 Å². The Balaban J connectivity index is 2.53. The minimum atomic E-state index is -0.366. The van der Waals surface area contributed by atoms with Crippen LogP contribution in [0.2, 0.25) is 0 Å². The molecule has 0 saturated carbocycles. The van der Waals surface area contributed by atoms with E-state index in [2.05, 4.69) is 6.07 Å². The monoisotopic (exact) mass is 200 g/mol. The fourth-order valence-corrected chi connectivity index (χ4v) is 1.56. The average Bonchev–Trinajstić information content (AvgIpc) is 2.30. The van der Waals surface area contributed by atoms with Gasteiger partial charge in [0.2, 0.25) is 0 Å². The normalized spacial score (nSPS) is 10.3. The molecule has 0 spiro atoms. The Hall–Kier alpha value is -1.67. The second kappa shape index (κ2) is 4.24. The molecule has 1 radical (unpaired) electrons. The molecule has 0 heterocycles. The molecule has 0 aromatic heterocycles. The molecule has 2 heteroatoms. The van der Waals surface area contributed by atoms with Gasteiger partial charge in [0.1, 0.15) is 5.82 Å². The van der Waals surface area contributed by atoms with Crippen molar-refractivity contribution in [2.45, 2.75) is 6.54 Å². The Morgan fingerprint density at radius 3 is 2.47 bits per heavy atom. The summed E-state index contributed by atoms with van der Waals surface area (Å²) in [5, 5.41) is 0. The van der Waals surface area contributed by atoms with E-state index in [1.54, 1.807) is 6.07 Å². The smallest absolute Gasteiger partial charge is 0.131 e. The SMILES string of the molecule is NCc1[c]c(F)ccc1-c1ccccc1. The lowest BCUT2D eigenvalue weighted by molar-refractivity contribution is 0.623. The average molecular weight is 200 g/mol. The van der Waals surface area contributed by atoms with Crippen molar-refractivity contribution >= 4 is 0 Å². The summed E-state index contributed by atoms with van der Waals surface area (Å²) in [5.41, 5.74) is 8.25. The van der Waals surface area contributed by atoms with E-state index in [9.17, 15) is 4.39 Å². The molecule has 0 aliphatic heterocycles. The zero-order valence-electron chi connectivity index (χ0n) is 8.20. The molecule has 0 unspecified atom stereocenters. The number of hydrogen-bond acceptors (Lipinski definition) is 1. The largest absolute Gasteiger partial charge is 0.326 e. The fourth-order valence-electron chi connectivity index (χ4n) is 1.56. The first-order valence-electron chi connectivity index (χ1n) is 4.77. The van der Waals surface area contributed by atoms with Gasteiger partial charge in [-0.15, -0.1) is 0 Å². The maximum absolute atomic E-state index is 12.9. The van der Waals surface area contributed by atoms with Crippen LogP contribution >= 0.6 is 0 Å². The van der Waals surface area contributed by atoms with Crippen LogP contribution < -0.4 is 5.73 Å². The zero-order chi connectivity index (χ0) is 10.7. The van der Waals surface area contributed by atoms with E-state index in [0.29, 0.717) is 12.1 Å². The maximum atomic E-state index is 12.9. The van der Waals surface area contributed by atoms with Crippen LogP contribution in [0.25, 0.3) is 11.1 Å². The molecule has 2 N–H and O–H groups in total. The second-order valence-electron chi connectivity index (χ2n) is 3.27. The van der Waals surface area contributed by atoms with Gasteiger partial charge in [0.05, 0.1) is 0 Å². The number of nitrogens with two attached hydrogens (primary N) is 1. The Labute approximate surface area is 88.4 Å². The molecule has 2 aromatic carbocycles. The standard InChI is InChI=1S/C13H11FN/c14-12-6-7-13(11(8-12)9-15)10-4-2-1-3-5-10/h1-7H,9,15H2. The molecule has 1 nitrogen and oxygen atoms in total. The van der Waals surface area contributed by atoms with Crippen molar-refractivity contribution in [2.24, 2.45) is 5.73 Å². The zero-order valence-corrected chi connectivity index (χ0v) is 8.20. The van der Waals surface area contributed by atoms with Crippen LogP contribution in [0.4, 0.5) is 4.39 Å². The van der Waals surface area contributed by atoms with Crippen LogP contribution in [0, 0.1) is 11.9 Å². The molecule has 0 atom stereocenters. The molecular weight excluding hydrogens is 189 g/mol. The third-order valence-corrected chi connectivity index (χ3v) is 2.28. The third-order valence-electron chi connectivity index (χ3n) is 2.28. The van der Waals surface area contributed by atoms with Gasteiger partial charge in [-0.05, 0) is 22.8 Å². The van der Waals surface area contributed by atoms with Gasteiger partial charge >= 0.3 is 0 Å². The van der Waals surface area contributed by atoms with Crippen molar-refractivity contribution in [3.05, 3.63) is 59.9 Å². The van der Waals surface area contributed by atoms with Gasteiger partial charge in [-0.3, -0.25) is 0 Å². The van der Waals surface area contributed by atoms with Crippen molar-refractivity contribution < 1.29 is 4.39 Å². The summed E-state index contributed by atoms with van der Waals surface area (Å²) in [5.74, 6) is -0.366. The molecule has 2 rings (SSSR count). The van der Waals surface area contributed by atoms with Gasteiger partial charge in [-0.2, -0.15) is 0 Å². The highest BCUT2D eigenvalue weighted by Gasteiger charge is 2.04. The molecule has 0 fully saturated rings. The van der Waals surface area contributed by atoms with Crippen LogP contribution in [0.1, 0.15) is 5.56 Å². The predicted octanol–water partition coefficient (Wildman–Crippen LogP) is 2.75. The summed E-state index contributed by atoms with van der Waals surface area (Å²) in [4.78, 5) is 0. The maximum Gasteiger partial charge on any atom is 0.131 e. The van der Waals surface area contributed by atoms with Crippen LogP contribution in [0.15, 0.2) is 42.5 Å². The Kier molecular flexibility index (Phi) is 2.79. The van der Waals surface area contributed by atoms with E-state index in [1.165, 1.54) is 6.07 Å². The van der Waals surface area contributed by atoms with E-state index >= 15 is 0 Å². The van der Waals surface area contributed by atoms with Crippen molar-refractivity contribution in [1.82, 2.24) is 0 Å². The lowest BCUT2D eigenvalue weighted by Gasteiger charge is -2.07. The highest BCUT2D eigenvalue weighted by molar-refractivity contribution is 5.66. The van der Waals surface area contributed by atoms with Crippen molar-refractivity contribution in [3.8, 4) is 11.1 Å². The molecule has 2 aromatic rings. The quantitative estimate of drug-likeness (QED) is 0.792. The van der Waals surface area contributed by atoms with Gasteiger partial charge in [0, 0.05) is 12.6 Å². The summed E-state index contributed by atoms with van der Waals surface area (Å²) in [6, 6.07) is 15.6. The summed E-state index contributed by atoms with van der Waals surface area (Å²) < 4.78 is 12.9. The minimum absolute atomic E-state index is 0.294. The van der Waals surface area contributed by atoms with Crippen LogP contribution in [-0.4, -0.2) is 0 Å². The van der Waals surface area contributed by atoms with E-state index in [0.717, 1.165) is 11.1 Å². The predicted molar refractivity (Wildman–Crippen MR) is 58.6 cm³/mol. The van der Waals surface area contributed by atoms with E-state index < -0.39 is 0 Å². The molecule has 0 bridgehead atoms. The molecule has 75 valence electrons. The number of halogens is 1. The van der Waals surface area contributed by atoms with Gasteiger partial charge in [-0.25, -0.2) is 4.39 Å². The Morgan fingerprint density at radius 2 is 1.80 bits per heavy atom. The first-order valence-corrected chi connectivity index (χ1v) is 4.77. The molecule has 0 saturated heterocycles. The Morgan fingerprint density at radius 1 is 1.07 bits per heavy atom. The summed E-state index contributed by atoms with van der Waals surface area (Å²) in [7, 11) is 0. The van der Waals surface area contributed by atoms with Crippen LogP contribution in [-0.2, 0) is 6.54 Å². The first kappa shape index (κ1) is 9.87. The van der Waals surface area contributed by atoms with Crippen molar-refractivity contribution in [3.63, 3.8) is 0 Å². The minimum Gasteiger partial charge on any atom is -0.326 e. The van der Waals surface area contributed by atoms with Crippen LogP contribution in [0.5, 0.6) is 0 Å². The molecular formula is C13H11FN. The van der Waals surface area contributed by atoms with Gasteiger partial charge < -0.3 is 5.73 Å². The van der Waals surface area contributed by atoms with Gasteiger partial charge in [-0.1, -0.05) is 36.4 Å². The third kappa shape index (κ3) is 2.05.